The van der Waals surface area contributed by atoms with E-state index in [0.717, 1.165) is 4.47 Å². The number of nitrogens with zero attached hydrogens (tertiary/aromatic N) is 2. The molecule has 3 aromatic rings. The molecular formula is C15H10BrFN2O2. The van der Waals surface area contributed by atoms with E-state index in [1.54, 1.807) is 12.1 Å². The summed E-state index contributed by atoms with van der Waals surface area (Å²) in [6.45, 7) is 0.164. The van der Waals surface area contributed by atoms with Crippen molar-refractivity contribution >= 4 is 15.9 Å². The second kappa shape index (κ2) is 6.05. The molecule has 0 amide bonds. The first-order valence-corrected chi connectivity index (χ1v) is 6.97. The first-order valence-electron chi connectivity index (χ1n) is 6.18. The zero-order valence-corrected chi connectivity index (χ0v) is 12.4. The van der Waals surface area contributed by atoms with Crippen LogP contribution in [0.4, 0.5) is 4.39 Å². The predicted octanol–water partition coefficient (Wildman–Crippen LogP) is 4.22. The second-order valence-electron chi connectivity index (χ2n) is 4.24. The maximum absolute atomic E-state index is 12.9. The standard InChI is InChI=1S/C15H10BrFN2O2/c16-12-3-1-2-4-13(12)20-9-14-18-15(19-21-14)10-5-7-11(17)8-6-10/h1-8H,9H2. The highest BCUT2D eigenvalue weighted by Gasteiger charge is 2.10. The predicted molar refractivity (Wildman–Crippen MR) is 78.2 cm³/mol. The molecular weight excluding hydrogens is 339 g/mol. The molecule has 6 heteroatoms. The average Bonchev–Trinajstić information content (AvgIpc) is 2.96. The Morgan fingerprint density at radius 1 is 1.10 bits per heavy atom. The molecule has 106 valence electrons. The highest BCUT2D eigenvalue weighted by Crippen LogP contribution is 2.25. The lowest BCUT2D eigenvalue weighted by atomic mass is 10.2. The number of hydrogen-bond donors (Lipinski definition) is 0. The van der Waals surface area contributed by atoms with Crippen LogP contribution in [0.5, 0.6) is 5.75 Å². The summed E-state index contributed by atoms with van der Waals surface area (Å²) in [4.78, 5) is 4.21. The molecule has 0 aliphatic heterocycles. The first-order chi connectivity index (χ1) is 10.2. The van der Waals surface area contributed by atoms with Gasteiger partial charge in [0.1, 0.15) is 11.6 Å². The zero-order valence-electron chi connectivity index (χ0n) is 10.8. The summed E-state index contributed by atoms with van der Waals surface area (Å²) in [7, 11) is 0. The lowest BCUT2D eigenvalue weighted by molar-refractivity contribution is 0.242. The van der Waals surface area contributed by atoms with Crippen LogP contribution in [0, 0.1) is 5.82 Å². The molecule has 2 aromatic carbocycles. The van der Waals surface area contributed by atoms with Crippen LogP contribution in [-0.2, 0) is 6.61 Å². The van der Waals surface area contributed by atoms with Crippen LogP contribution in [0.3, 0.4) is 0 Å². The second-order valence-corrected chi connectivity index (χ2v) is 5.09. The van der Waals surface area contributed by atoms with Crippen LogP contribution in [0.25, 0.3) is 11.4 Å². The van der Waals surface area contributed by atoms with Crippen molar-refractivity contribution in [3.63, 3.8) is 0 Å². The van der Waals surface area contributed by atoms with E-state index in [0.29, 0.717) is 23.0 Å². The Kier molecular flexibility index (Phi) is 3.96. The minimum atomic E-state index is -0.306. The molecule has 0 saturated carbocycles. The molecule has 0 bridgehead atoms. The minimum Gasteiger partial charge on any atom is -0.483 e. The highest BCUT2D eigenvalue weighted by atomic mass is 79.9. The van der Waals surface area contributed by atoms with Gasteiger partial charge in [0, 0.05) is 5.56 Å². The molecule has 0 aliphatic rings. The van der Waals surface area contributed by atoms with Crippen molar-refractivity contribution in [2.75, 3.05) is 0 Å². The largest absolute Gasteiger partial charge is 0.483 e. The van der Waals surface area contributed by atoms with E-state index in [2.05, 4.69) is 26.1 Å². The summed E-state index contributed by atoms with van der Waals surface area (Å²) in [5.74, 6) is 1.14. The Hall–Kier alpha value is -2.21. The van der Waals surface area contributed by atoms with E-state index >= 15 is 0 Å². The molecule has 3 rings (SSSR count). The van der Waals surface area contributed by atoms with E-state index in [4.69, 9.17) is 9.26 Å². The van der Waals surface area contributed by atoms with Gasteiger partial charge in [-0.25, -0.2) is 4.39 Å². The van der Waals surface area contributed by atoms with Gasteiger partial charge >= 0.3 is 0 Å². The molecule has 0 fully saturated rings. The SMILES string of the molecule is Fc1ccc(-c2noc(COc3ccccc3Br)n2)cc1. The van der Waals surface area contributed by atoms with E-state index in [9.17, 15) is 4.39 Å². The van der Waals surface area contributed by atoms with Crippen molar-refractivity contribution in [3.8, 4) is 17.1 Å². The zero-order chi connectivity index (χ0) is 14.7. The van der Waals surface area contributed by atoms with Crippen molar-refractivity contribution < 1.29 is 13.7 Å². The lowest BCUT2D eigenvalue weighted by Crippen LogP contribution is -1.96. The van der Waals surface area contributed by atoms with Gasteiger partial charge < -0.3 is 9.26 Å². The van der Waals surface area contributed by atoms with Gasteiger partial charge in [0.05, 0.1) is 4.47 Å². The van der Waals surface area contributed by atoms with Gasteiger partial charge in [0.15, 0.2) is 6.61 Å². The number of hydrogen-bond acceptors (Lipinski definition) is 4. The molecule has 1 aromatic heterocycles. The Bertz CT molecular complexity index is 743. The van der Waals surface area contributed by atoms with Crippen molar-refractivity contribution in [1.82, 2.24) is 10.1 Å². The number of ether oxygens (including phenoxy) is 1. The van der Waals surface area contributed by atoms with E-state index < -0.39 is 0 Å². The van der Waals surface area contributed by atoms with Crippen LogP contribution >= 0.6 is 15.9 Å². The van der Waals surface area contributed by atoms with Crippen molar-refractivity contribution in [1.29, 1.82) is 0 Å². The molecule has 0 radical (unpaired) electrons. The maximum Gasteiger partial charge on any atom is 0.264 e. The maximum atomic E-state index is 12.9. The topological polar surface area (TPSA) is 48.2 Å². The fourth-order valence-corrected chi connectivity index (χ4v) is 2.13. The summed E-state index contributed by atoms with van der Waals surface area (Å²) in [6.07, 6.45) is 0. The molecule has 0 unspecified atom stereocenters. The number of benzene rings is 2. The third-order valence-electron chi connectivity index (χ3n) is 2.76. The van der Waals surface area contributed by atoms with Crippen molar-refractivity contribution in [2.24, 2.45) is 0 Å². The fourth-order valence-electron chi connectivity index (χ4n) is 1.73. The number of halogens is 2. The minimum absolute atomic E-state index is 0.164. The third kappa shape index (κ3) is 3.28. The Morgan fingerprint density at radius 2 is 1.86 bits per heavy atom. The molecule has 21 heavy (non-hydrogen) atoms. The van der Waals surface area contributed by atoms with Gasteiger partial charge in [-0.2, -0.15) is 4.98 Å². The molecule has 1 heterocycles. The quantitative estimate of drug-likeness (QED) is 0.708. The van der Waals surface area contributed by atoms with Crippen LogP contribution in [0.2, 0.25) is 0 Å². The van der Waals surface area contributed by atoms with Gasteiger partial charge in [-0.3, -0.25) is 0 Å². The van der Waals surface area contributed by atoms with E-state index in [-0.39, 0.29) is 12.4 Å². The summed E-state index contributed by atoms with van der Waals surface area (Å²) in [5.41, 5.74) is 0.687. The molecule has 0 spiro atoms. The van der Waals surface area contributed by atoms with E-state index in [1.165, 1.54) is 12.1 Å². The van der Waals surface area contributed by atoms with Crippen LogP contribution < -0.4 is 4.74 Å². The van der Waals surface area contributed by atoms with Gasteiger partial charge in [-0.15, -0.1) is 0 Å². The van der Waals surface area contributed by atoms with E-state index in [1.807, 2.05) is 24.3 Å². The first kappa shape index (κ1) is 13.8. The van der Waals surface area contributed by atoms with Gasteiger partial charge in [0.25, 0.3) is 5.89 Å². The number of para-hydroxylation sites is 1. The van der Waals surface area contributed by atoms with Crippen LogP contribution in [0.1, 0.15) is 5.89 Å². The van der Waals surface area contributed by atoms with Crippen LogP contribution in [-0.4, -0.2) is 10.1 Å². The van der Waals surface area contributed by atoms with Gasteiger partial charge in [-0.1, -0.05) is 17.3 Å². The highest BCUT2D eigenvalue weighted by molar-refractivity contribution is 9.10. The summed E-state index contributed by atoms with van der Waals surface area (Å²) in [5, 5.41) is 3.85. The third-order valence-corrected chi connectivity index (χ3v) is 3.41. The molecule has 0 saturated heterocycles. The Labute approximate surface area is 128 Å². The lowest BCUT2D eigenvalue weighted by Gasteiger charge is -2.04. The fraction of sp³-hybridized carbons (Fsp3) is 0.0667. The average molecular weight is 349 g/mol. The van der Waals surface area contributed by atoms with Gasteiger partial charge in [-0.05, 0) is 52.3 Å². The summed E-state index contributed by atoms with van der Waals surface area (Å²) >= 11 is 3.39. The molecule has 0 N–H and O–H groups in total. The van der Waals surface area contributed by atoms with Crippen LogP contribution in [0.15, 0.2) is 57.5 Å². The number of aromatic nitrogens is 2. The molecule has 0 aliphatic carbocycles. The molecule has 0 atom stereocenters. The summed E-state index contributed by atoms with van der Waals surface area (Å²) in [6, 6.07) is 13.4. The normalized spacial score (nSPS) is 10.6. The summed E-state index contributed by atoms with van der Waals surface area (Å²) < 4.78 is 24.4. The molecule has 4 nitrogen and oxygen atoms in total. The monoisotopic (exact) mass is 348 g/mol. The van der Waals surface area contributed by atoms with Gasteiger partial charge in [0.2, 0.25) is 5.82 Å². The van der Waals surface area contributed by atoms with Crippen molar-refractivity contribution in [3.05, 3.63) is 64.7 Å². The Morgan fingerprint density at radius 3 is 2.62 bits per heavy atom. The number of rotatable bonds is 4. The van der Waals surface area contributed by atoms with Crippen molar-refractivity contribution in [2.45, 2.75) is 6.61 Å². The smallest absolute Gasteiger partial charge is 0.264 e. The Balaban J connectivity index is 1.71.